The van der Waals surface area contributed by atoms with Gasteiger partial charge in [0.05, 0.1) is 17.0 Å². The standard InChI is InChI=1S/C28H30Cl2FN3O4S/c1-3-14-32-28(36)26(16-20-8-5-4-6-9-20)33(18-21-10-7-11-22(29)15-21)27(35)19-34(39(2,37)38)23-12-13-25(31)24(30)17-23/h4-13,15,17,26H,3,14,16,18-19H2,1-2H3,(H,32,36)/t26-/m1/s1. The van der Waals surface area contributed by atoms with E-state index in [0.717, 1.165) is 28.3 Å². The number of nitrogens with zero attached hydrogens (tertiary/aromatic N) is 2. The topological polar surface area (TPSA) is 86.8 Å². The summed E-state index contributed by atoms with van der Waals surface area (Å²) >= 11 is 12.1. The number of benzene rings is 3. The highest BCUT2D eigenvalue weighted by Gasteiger charge is 2.33. The van der Waals surface area contributed by atoms with E-state index >= 15 is 0 Å². The second-order valence-electron chi connectivity index (χ2n) is 9.02. The lowest BCUT2D eigenvalue weighted by Gasteiger charge is -2.33. The van der Waals surface area contributed by atoms with E-state index < -0.39 is 34.3 Å². The van der Waals surface area contributed by atoms with Gasteiger partial charge in [0.15, 0.2) is 0 Å². The van der Waals surface area contributed by atoms with Gasteiger partial charge in [0.25, 0.3) is 0 Å². The molecule has 0 fully saturated rings. The smallest absolute Gasteiger partial charge is 0.244 e. The van der Waals surface area contributed by atoms with Crippen LogP contribution in [0.15, 0.2) is 72.8 Å². The van der Waals surface area contributed by atoms with Crippen LogP contribution in [0.5, 0.6) is 0 Å². The Morgan fingerprint density at radius 3 is 2.28 bits per heavy atom. The maximum absolute atomic E-state index is 13.9. The number of hydrogen-bond acceptors (Lipinski definition) is 4. The summed E-state index contributed by atoms with van der Waals surface area (Å²) in [6.07, 6.45) is 1.83. The number of amides is 2. The van der Waals surface area contributed by atoms with E-state index in [0.29, 0.717) is 23.6 Å². The fourth-order valence-electron chi connectivity index (χ4n) is 4.01. The molecular formula is C28H30Cl2FN3O4S. The molecule has 11 heteroatoms. The van der Waals surface area contributed by atoms with E-state index in [-0.39, 0.29) is 29.6 Å². The van der Waals surface area contributed by atoms with E-state index in [1.165, 1.54) is 11.0 Å². The van der Waals surface area contributed by atoms with Crippen molar-refractivity contribution < 1.29 is 22.4 Å². The largest absolute Gasteiger partial charge is 0.354 e. The molecule has 0 aliphatic rings. The summed E-state index contributed by atoms with van der Waals surface area (Å²) in [5.41, 5.74) is 1.51. The average Bonchev–Trinajstić information content (AvgIpc) is 2.89. The van der Waals surface area contributed by atoms with Crippen LogP contribution in [0.25, 0.3) is 0 Å². The summed E-state index contributed by atoms with van der Waals surface area (Å²) in [5.74, 6) is -1.72. The van der Waals surface area contributed by atoms with Crippen molar-refractivity contribution in [2.24, 2.45) is 0 Å². The molecule has 0 saturated carbocycles. The van der Waals surface area contributed by atoms with Gasteiger partial charge in [-0.15, -0.1) is 0 Å². The van der Waals surface area contributed by atoms with Gasteiger partial charge in [-0.3, -0.25) is 13.9 Å². The molecule has 3 rings (SSSR count). The first-order valence-corrected chi connectivity index (χ1v) is 14.9. The van der Waals surface area contributed by atoms with E-state index in [1.54, 1.807) is 24.3 Å². The summed E-state index contributed by atoms with van der Waals surface area (Å²) < 4.78 is 40.1. The summed E-state index contributed by atoms with van der Waals surface area (Å²) in [7, 11) is -3.99. The zero-order valence-corrected chi connectivity index (χ0v) is 23.9. The minimum atomic E-state index is -3.99. The maximum atomic E-state index is 13.9. The Bertz CT molecular complexity index is 1410. The van der Waals surface area contributed by atoms with Gasteiger partial charge in [0, 0.05) is 24.5 Å². The van der Waals surface area contributed by atoms with Gasteiger partial charge in [-0.05, 0) is 47.9 Å². The van der Waals surface area contributed by atoms with Crippen molar-refractivity contribution in [1.82, 2.24) is 10.2 Å². The van der Waals surface area contributed by atoms with Gasteiger partial charge in [0.2, 0.25) is 21.8 Å². The zero-order valence-electron chi connectivity index (χ0n) is 21.6. The van der Waals surface area contributed by atoms with Crippen LogP contribution in [0.3, 0.4) is 0 Å². The van der Waals surface area contributed by atoms with Crippen LogP contribution >= 0.6 is 23.2 Å². The summed E-state index contributed by atoms with van der Waals surface area (Å²) in [6.45, 7) is 1.69. The predicted molar refractivity (Wildman–Crippen MR) is 153 cm³/mol. The number of anilines is 1. The second kappa shape index (κ2) is 13.8. The molecule has 0 heterocycles. The zero-order chi connectivity index (χ0) is 28.6. The van der Waals surface area contributed by atoms with Crippen LogP contribution in [-0.2, 0) is 32.6 Å². The van der Waals surface area contributed by atoms with Gasteiger partial charge in [-0.2, -0.15) is 0 Å². The van der Waals surface area contributed by atoms with Gasteiger partial charge in [0.1, 0.15) is 18.4 Å². The number of nitrogens with one attached hydrogen (secondary N) is 1. The van der Waals surface area contributed by atoms with Crippen LogP contribution in [0.4, 0.5) is 10.1 Å². The minimum absolute atomic E-state index is 0.00177. The van der Waals surface area contributed by atoms with Crippen LogP contribution in [0, 0.1) is 5.82 Å². The van der Waals surface area contributed by atoms with E-state index in [2.05, 4.69) is 5.32 Å². The van der Waals surface area contributed by atoms with Crippen LogP contribution in [0.2, 0.25) is 10.0 Å². The van der Waals surface area contributed by atoms with Crippen molar-refractivity contribution in [3.8, 4) is 0 Å². The molecule has 3 aromatic rings. The molecule has 39 heavy (non-hydrogen) atoms. The van der Waals surface area contributed by atoms with Crippen LogP contribution < -0.4 is 9.62 Å². The van der Waals surface area contributed by atoms with Crippen molar-refractivity contribution in [1.29, 1.82) is 0 Å². The Hall–Kier alpha value is -3.14. The number of halogens is 3. The van der Waals surface area contributed by atoms with Crippen molar-refractivity contribution in [3.05, 3.63) is 99.8 Å². The molecule has 2 amide bonds. The summed E-state index contributed by atoms with van der Waals surface area (Å²) in [4.78, 5) is 28.7. The van der Waals surface area contributed by atoms with Gasteiger partial charge < -0.3 is 10.2 Å². The molecule has 0 aliphatic heterocycles. The lowest BCUT2D eigenvalue weighted by atomic mass is 10.0. The highest BCUT2D eigenvalue weighted by molar-refractivity contribution is 7.92. The van der Waals surface area contributed by atoms with Gasteiger partial charge >= 0.3 is 0 Å². The van der Waals surface area contributed by atoms with E-state index in [1.807, 2.05) is 37.3 Å². The molecule has 0 aliphatic carbocycles. The third kappa shape index (κ3) is 8.68. The second-order valence-corrected chi connectivity index (χ2v) is 11.8. The Kier molecular flexibility index (Phi) is 10.7. The Labute approximate surface area is 238 Å². The van der Waals surface area contributed by atoms with E-state index in [9.17, 15) is 22.4 Å². The average molecular weight is 595 g/mol. The first-order chi connectivity index (χ1) is 18.5. The number of carbonyl (C=O) groups is 2. The number of carbonyl (C=O) groups excluding carboxylic acids is 2. The SMILES string of the molecule is CCCNC(=O)[C@@H](Cc1ccccc1)N(Cc1cccc(Cl)c1)C(=O)CN(c1ccc(F)c(Cl)c1)S(C)(=O)=O. The number of rotatable bonds is 12. The minimum Gasteiger partial charge on any atom is -0.354 e. The van der Waals surface area contributed by atoms with Crippen molar-refractivity contribution >= 4 is 50.7 Å². The number of sulfonamides is 1. The molecule has 0 spiro atoms. The molecule has 1 atom stereocenters. The lowest BCUT2D eigenvalue weighted by molar-refractivity contribution is -0.140. The van der Waals surface area contributed by atoms with E-state index in [4.69, 9.17) is 23.2 Å². The van der Waals surface area contributed by atoms with Gasteiger partial charge in [-0.25, -0.2) is 12.8 Å². The molecule has 0 aromatic heterocycles. The Morgan fingerprint density at radius 1 is 0.974 bits per heavy atom. The first-order valence-electron chi connectivity index (χ1n) is 12.3. The predicted octanol–water partition coefficient (Wildman–Crippen LogP) is 5.06. The third-order valence-corrected chi connectivity index (χ3v) is 7.60. The molecule has 1 N–H and O–H groups in total. The summed E-state index contributed by atoms with van der Waals surface area (Å²) in [5, 5.41) is 3.03. The quantitative estimate of drug-likeness (QED) is 0.318. The first kappa shape index (κ1) is 30.4. The monoisotopic (exact) mass is 593 g/mol. The van der Waals surface area contributed by atoms with Crippen molar-refractivity contribution in [2.45, 2.75) is 32.4 Å². The highest BCUT2D eigenvalue weighted by Crippen LogP contribution is 2.25. The molecule has 0 unspecified atom stereocenters. The molecule has 208 valence electrons. The molecule has 3 aromatic carbocycles. The fraction of sp³-hybridized carbons (Fsp3) is 0.286. The fourth-order valence-corrected chi connectivity index (χ4v) is 5.23. The van der Waals surface area contributed by atoms with Crippen LogP contribution in [0.1, 0.15) is 24.5 Å². The lowest BCUT2D eigenvalue weighted by Crippen LogP contribution is -2.53. The van der Waals surface area contributed by atoms with Crippen molar-refractivity contribution in [3.63, 3.8) is 0 Å². The number of hydrogen-bond donors (Lipinski definition) is 1. The Morgan fingerprint density at radius 2 is 1.67 bits per heavy atom. The highest BCUT2D eigenvalue weighted by atomic mass is 35.5. The molecule has 7 nitrogen and oxygen atoms in total. The van der Waals surface area contributed by atoms with Crippen LogP contribution in [-0.4, -0.2) is 50.5 Å². The van der Waals surface area contributed by atoms with Gasteiger partial charge in [-0.1, -0.05) is 72.6 Å². The third-order valence-electron chi connectivity index (χ3n) is 5.93. The Balaban J connectivity index is 2.05. The normalized spacial score (nSPS) is 12.0. The maximum Gasteiger partial charge on any atom is 0.244 e. The molecule has 0 radical (unpaired) electrons. The summed E-state index contributed by atoms with van der Waals surface area (Å²) in [6, 6.07) is 18.5. The molecule has 0 saturated heterocycles. The molecular weight excluding hydrogens is 564 g/mol. The van der Waals surface area contributed by atoms with Crippen molar-refractivity contribution in [2.75, 3.05) is 23.7 Å². The molecule has 0 bridgehead atoms.